The summed E-state index contributed by atoms with van der Waals surface area (Å²) < 4.78 is 11.9. The third-order valence-corrected chi connectivity index (χ3v) is 5.71. The maximum Gasteiger partial charge on any atom is 0.335 e. The Labute approximate surface area is 200 Å². The summed E-state index contributed by atoms with van der Waals surface area (Å²) in [5, 5.41) is 15.2. The van der Waals surface area contributed by atoms with Crippen LogP contribution in [0.4, 0.5) is 11.4 Å². The van der Waals surface area contributed by atoms with Gasteiger partial charge in [-0.1, -0.05) is 33.6 Å². The summed E-state index contributed by atoms with van der Waals surface area (Å²) in [5.74, 6) is -0.298. The Morgan fingerprint density at radius 3 is 2.36 bits per heavy atom. The molecule has 0 bridgehead atoms. The summed E-state index contributed by atoms with van der Waals surface area (Å²) in [6, 6.07) is 16.0. The number of benzene rings is 3. The number of carboxylic acids is 1. The highest BCUT2D eigenvalue weighted by molar-refractivity contribution is 9.10. The summed E-state index contributed by atoms with van der Waals surface area (Å²) in [6.45, 7) is 4.14. The molecule has 0 atom stereocenters. The lowest BCUT2D eigenvalue weighted by atomic mass is 10.1. The summed E-state index contributed by atoms with van der Waals surface area (Å²) in [7, 11) is 1.54. The van der Waals surface area contributed by atoms with Gasteiger partial charge < -0.3 is 25.2 Å². The maximum atomic E-state index is 12.2. The highest BCUT2D eigenvalue weighted by Crippen LogP contribution is 2.34. The summed E-state index contributed by atoms with van der Waals surface area (Å²) in [6.07, 6.45) is 0. The number of hydrogen-bond acceptors (Lipinski definition) is 5. The molecule has 0 fully saturated rings. The molecule has 0 aliphatic rings. The molecule has 172 valence electrons. The normalized spacial score (nSPS) is 10.4. The molecule has 1 amide bonds. The Hall–Kier alpha value is -3.52. The van der Waals surface area contributed by atoms with Gasteiger partial charge in [-0.3, -0.25) is 4.79 Å². The fourth-order valence-corrected chi connectivity index (χ4v) is 3.61. The van der Waals surface area contributed by atoms with Crippen LogP contribution in [0.25, 0.3) is 0 Å². The van der Waals surface area contributed by atoms with Crippen LogP contribution in [0.1, 0.15) is 27.0 Å². The fourth-order valence-electron chi connectivity index (χ4n) is 3.15. The number of halogens is 1. The molecule has 0 spiro atoms. The largest absolute Gasteiger partial charge is 0.493 e. The summed E-state index contributed by atoms with van der Waals surface area (Å²) in [4.78, 5) is 23.4. The second-order valence-electron chi connectivity index (χ2n) is 7.49. The highest BCUT2D eigenvalue weighted by atomic mass is 79.9. The van der Waals surface area contributed by atoms with Crippen LogP contribution in [-0.2, 0) is 11.3 Å². The van der Waals surface area contributed by atoms with Gasteiger partial charge in [-0.05, 0) is 67.4 Å². The van der Waals surface area contributed by atoms with E-state index < -0.39 is 5.97 Å². The van der Waals surface area contributed by atoms with Gasteiger partial charge in [0.1, 0.15) is 0 Å². The van der Waals surface area contributed by atoms with Gasteiger partial charge in [0.25, 0.3) is 5.91 Å². The summed E-state index contributed by atoms with van der Waals surface area (Å²) in [5.41, 5.74) is 4.63. The van der Waals surface area contributed by atoms with Crippen molar-refractivity contribution in [3.05, 3.63) is 81.3 Å². The first-order valence-corrected chi connectivity index (χ1v) is 11.0. The van der Waals surface area contributed by atoms with Gasteiger partial charge in [-0.25, -0.2) is 4.79 Å². The van der Waals surface area contributed by atoms with Crippen molar-refractivity contribution in [2.24, 2.45) is 0 Å². The molecular formula is C25H25BrN2O5. The average molecular weight is 513 g/mol. The average Bonchev–Trinajstić information content (AvgIpc) is 2.79. The Morgan fingerprint density at radius 2 is 1.73 bits per heavy atom. The van der Waals surface area contributed by atoms with Crippen molar-refractivity contribution < 1.29 is 24.2 Å². The van der Waals surface area contributed by atoms with Crippen LogP contribution >= 0.6 is 15.9 Å². The van der Waals surface area contributed by atoms with E-state index in [9.17, 15) is 9.59 Å². The topological polar surface area (TPSA) is 96.9 Å². The molecule has 0 saturated heterocycles. The molecule has 0 aromatic heterocycles. The van der Waals surface area contributed by atoms with Gasteiger partial charge in [-0.15, -0.1) is 0 Å². The number of aromatic carboxylic acids is 1. The summed E-state index contributed by atoms with van der Waals surface area (Å²) >= 11 is 3.55. The zero-order valence-corrected chi connectivity index (χ0v) is 20.2. The van der Waals surface area contributed by atoms with Crippen molar-refractivity contribution in [1.82, 2.24) is 0 Å². The molecule has 0 radical (unpaired) electrons. The van der Waals surface area contributed by atoms with Crippen molar-refractivity contribution in [1.29, 1.82) is 0 Å². The number of nitrogens with one attached hydrogen (secondary N) is 2. The SMILES string of the molecule is COc1cc(CNc2ccc(C(=O)O)cc2C)c(Br)cc1OCC(=O)Nc1ccc(C)cc1. The third kappa shape index (κ3) is 6.49. The molecule has 33 heavy (non-hydrogen) atoms. The second-order valence-corrected chi connectivity index (χ2v) is 8.34. The number of rotatable bonds is 9. The smallest absolute Gasteiger partial charge is 0.335 e. The molecule has 0 saturated carbocycles. The van der Waals surface area contributed by atoms with E-state index in [0.717, 1.165) is 26.9 Å². The third-order valence-electron chi connectivity index (χ3n) is 4.97. The van der Waals surface area contributed by atoms with Crippen molar-refractivity contribution >= 4 is 39.2 Å². The molecule has 7 nitrogen and oxygen atoms in total. The molecule has 3 aromatic carbocycles. The molecule has 0 heterocycles. The van der Waals surface area contributed by atoms with Crippen LogP contribution in [0.15, 0.2) is 59.1 Å². The molecule has 3 rings (SSSR count). The number of anilines is 2. The standard InChI is InChI=1S/C25H25BrN2O5/c1-15-4-7-19(8-5-15)28-24(29)14-33-23-12-20(26)18(11-22(23)32-3)13-27-21-9-6-17(25(30)31)10-16(21)2/h4-12,27H,13-14H2,1-3H3,(H,28,29)(H,30,31). The fraction of sp³-hybridized carbons (Fsp3) is 0.200. The molecule has 0 aliphatic carbocycles. The van der Waals surface area contributed by atoms with Crippen molar-refractivity contribution in [3.63, 3.8) is 0 Å². The van der Waals surface area contributed by atoms with E-state index in [0.29, 0.717) is 23.7 Å². The Bertz CT molecular complexity index is 1160. The number of hydrogen-bond donors (Lipinski definition) is 3. The Balaban J connectivity index is 1.64. The van der Waals surface area contributed by atoms with Gasteiger partial charge >= 0.3 is 5.97 Å². The van der Waals surface area contributed by atoms with Gasteiger partial charge in [0.15, 0.2) is 18.1 Å². The van der Waals surface area contributed by atoms with Crippen molar-refractivity contribution in [2.45, 2.75) is 20.4 Å². The monoisotopic (exact) mass is 512 g/mol. The van der Waals surface area contributed by atoms with E-state index in [1.54, 1.807) is 24.3 Å². The second kappa shape index (κ2) is 10.9. The first-order valence-electron chi connectivity index (χ1n) is 10.2. The number of carbonyl (C=O) groups is 2. The predicted molar refractivity (Wildman–Crippen MR) is 131 cm³/mol. The lowest BCUT2D eigenvalue weighted by Crippen LogP contribution is -2.20. The number of methoxy groups -OCH3 is 1. The maximum absolute atomic E-state index is 12.2. The van der Waals surface area contributed by atoms with E-state index in [4.69, 9.17) is 14.6 Å². The van der Waals surface area contributed by atoms with Crippen LogP contribution in [0.2, 0.25) is 0 Å². The minimum absolute atomic E-state index is 0.163. The highest BCUT2D eigenvalue weighted by Gasteiger charge is 2.13. The van der Waals surface area contributed by atoms with Gasteiger partial charge in [0.05, 0.1) is 12.7 Å². The predicted octanol–water partition coefficient (Wildman–Crippen LogP) is 5.40. The van der Waals surface area contributed by atoms with E-state index in [2.05, 4.69) is 26.6 Å². The van der Waals surface area contributed by atoms with Gasteiger partial charge in [-0.2, -0.15) is 0 Å². The number of amides is 1. The van der Waals surface area contributed by atoms with E-state index in [1.165, 1.54) is 7.11 Å². The molecular weight excluding hydrogens is 488 g/mol. The van der Waals surface area contributed by atoms with Crippen molar-refractivity contribution in [3.8, 4) is 11.5 Å². The lowest BCUT2D eigenvalue weighted by Gasteiger charge is -2.16. The van der Waals surface area contributed by atoms with E-state index >= 15 is 0 Å². The molecule has 8 heteroatoms. The molecule has 0 aliphatic heterocycles. The first-order chi connectivity index (χ1) is 15.8. The minimum atomic E-state index is -0.958. The van der Waals surface area contributed by atoms with Crippen LogP contribution < -0.4 is 20.1 Å². The van der Waals surface area contributed by atoms with Crippen LogP contribution in [-0.4, -0.2) is 30.7 Å². The minimum Gasteiger partial charge on any atom is -0.493 e. The number of aryl methyl sites for hydroxylation is 2. The number of carboxylic acid groups (broad SMARTS) is 1. The Morgan fingerprint density at radius 1 is 1.00 bits per heavy atom. The van der Waals surface area contributed by atoms with E-state index in [1.807, 2.05) is 44.2 Å². The first kappa shape index (κ1) is 24.1. The van der Waals surface area contributed by atoms with E-state index in [-0.39, 0.29) is 18.1 Å². The lowest BCUT2D eigenvalue weighted by molar-refractivity contribution is -0.118. The van der Waals surface area contributed by atoms with Gasteiger partial charge in [0.2, 0.25) is 0 Å². The Kier molecular flexibility index (Phi) is 7.95. The van der Waals surface area contributed by atoms with Gasteiger partial charge in [0, 0.05) is 22.4 Å². The molecule has 3 aromatic rings. The number of ether oxygens (including phenoxy) is 2. The van der Waals surface area contributed by atoms with Crippen LogP contribution in [0, 0.1) is 13.8 Å². The van der Waals surface area contributed by atoms with Crippen molar-refractivity contribution in [2.75, 3.05) is 24.4 Å². The number of carbonyl (C=O) groups excluding carboxylic acids is 1. The zero-order chi connectivity index (χ0) is 24.0. The van der Waals surface area contributed by atoms with Crippen LogP contribution in [0.3, 0.4) is 0 Å². The quantitative estimate of drug-likeness (QED) is 0.355. The zero-order valence-electron chi connectivity index (χ0n) is 18.6. The van der Waals surface area contributed by atoms with Crippen LogP contribution in [0.5, 0.6) is 11.5 Å². The molecule has 0 unspecified atom stereocenters. The molecule has 3 N–H and O–H groups in total.